The van der Waals surface area contributed by atoms with Crippen molar-refractivity contribution in [3.63, 3.8) is 0 Å². The number of aromatic nitrogens is 3. The quantitative estimate of drug-likeness (QED) is 0.588. The maximum absolute atomic E-state index is 5.22. The first-order chi connectivity index (χ1) is 10.2. The Balaban J connectivity index is 2.07. The summed E-state index contributed by atoms with van der Waals surface area (Å²) in [5, 5.41) is 14.0. The Labute approximate surface area is 128 Å². The van der Waals surface area contributed by atoms with E-state index in [1.807, 2.05) is 26.0 Å². The fourth-order valence-corrected chi connectivity index (χ4v) is 2.47. The van der Waals surface area contributed by atoms with Crippen LogP contribution in [0.2, 0.25) is 0 Å². The molecule has 0 aliphatic heterocycles. The van der Waals surface area contributed by atoms with Crippen molar-refractivity contribution >= 4 is 28.7 Å². The van der Waals surface area contributed by atoms with Crippen molar-refractivity contribution in [2.24, 2.45) is 5.10 Å². The Hall–Kier alpha value is -2.27. The molecule has 3 rings (SSSR count). The standard InChI is InChI=1S/C16H16N4S/c1-3-15-17-18-16(21)20(15)19-11(2)13-9-8-12-6-4-5-7-14(12)10-13/h4-10H,3H2,1-2H3,(H,18,21)/b19-11-. The van der Waals surface area contributed by atoms with Gasteiger partial charge in [0, 0.05) is 6.42 Å². The molecule has 1 aromatic heterocycles. The van der Waals surface area contributed by atoms with Crippen LogP contribution in [-0.2, 0) is 6.42 Å². The van der Waals surface area contributed by atoms with Crippen LogP contribution in [0.4, 0.5) is 0 Å². The zero-order valence-electron chi connectivity index (χ0n) is 12.0. The van der Waals surface area contributed by atoms with Gasteiger partial charge in [-0.3, -0.25) is 5.10 Å². The van der Waals surface area contributed by atoms with Gasteiger partial charge in [-0.2, -0.15) is 14.9 Å². The minimum absolute atomic E-state index is 0.520. The largest absolute Gasteiger partial charge is 0.250 e. The highest BCUT2D eigenvalue weighted by molar-refractivity contribution is 7.71. The summed E-state index contributed by atoms with van der Waals surface area (Å²) in [5.74, 6) is 0.833. The molecule has 0 bridgehead atoms. The molecule has 0 amide bonds. The third-order valence-electron chi connectivity index (χ3n) is 3.45. The van der Waals surface area contributed by atoms with E-state index >= 15 is 0 Å². The number of benzene rings is 2. The van der Waals surface area contributed by atoms with Crippen molar-refractivity contribution in [1.29, 1.82) is 0 Å². The van der Waals surface area contributed by atoms with E-state index in [0.717, 1.165) is 23.5 Å². The summed E-state index contributed by atoms with van der Waals surface area (Å²) in [6, 6.07) is 14.6. The predicted molar refractivity (Wildman–Crippen MR) is 88.3 cm³/mol. The second-order valence-corrected chi connectivity index (χ2v) is 5.24. The summed E-state index contributed by atoms with van der Waals surface area (Å²) >= 11 is 5.22. The Morgan fingerprint density at radius 1 is 1.24 bits per heavy atom. The molecule has 0 saturated carbocycles. The number of fused-ring (bicyclic) bond motifs is 1. The number of hydrogen-bond acceptors (Lipinski definition) is 3. The van der Waals surface area contributed by atoms with Crippen LogP contribution in [0, 0.1) is 4.77 Å². The molecule has 1 N–H and O–H groups in total. The normalized spacial score (nSPS) is 12.0. The van der Waals surface area contributed by atoms with Crippen molar-refractivity contribution in [3.05, 3.63) is 58.6 Å². The molecule has 0 unspecified atom stereocenters. The van der Waals surface area contributed by atoms with E-state index in [0.29, 0.717) is 4.77 Å². The van der Waals surface area contributed by atoms with Crippen LogP contribution >= 0.6 is 12.2 Å². The van der Waals surface area contributed by atoms with Crippen LogP contribution in [0.5, 0.6) is 0 Å². The summed E-state index contributed by atoms with van der Waals surface area (Å²) in [4.78, 5) is 0. The molecule has 21 heavy (non-hydrogen) atoms. The number of hydrogen-bond donors (Lipinski definition) is 1. The van der Waals surface area contributed by atoms with Crippen molar-refractivity contribution in [2.75, 3.05) is 0 Å². The summed E-state index contributed by atoms with van der Waals surface area (Å²) in [6.45, 7) is 4.01. The van der Waals surface area contributed by atoms with E-state index in [4.69, 9.17) is 12.2 Å². The molecule has 5 heteroatoms. The number of rotatable bonds is 3. The number of H-pyrrole nitrogens is 1. The third kappa shape index (κ3) is 2.64. The molecule has 0 saturated heterocycles. The maximum atomic E-state index is 5.22. The Kier molecular flexibility index (Phi) is 3.66. The molecule has 0 aliphatic carbocycles. The third-order valence-corrected chi connectivity index (χ3v) is 3.72. The highest BCUT2D eigenvalue weighted by Crippen LogP contribution is 2.16. The summed E-state index contributed by atoms with van der Waals surface area (Å²) < 4.78 is 2.21. The van der Waals surface area contributed by atoms with E-state index < -0.39 is 0 Å². The first kappa shape index (κ1) is 13.7. The van der Waals surface area contributed by atoms with Crippen molar-refractivity contribution in [1.82, 2.24) is 14.9 Å². The SMILES string of the molecule is CCc1n[nH]c(=S)n1/N=C(/C)c1ccc2ccccc2c1. The zero-order valence-corrected chi connectivity index (χ0v) is 12.8. The van der Waals surface area contributed by atoms with Gasteiger partial charge in [0.2, 0.25) is 4.77 Å². The first-order valence-electron chi connectivity index (χ1n) is 6.90. The van der Waals surface area contributed by atoms with Crippen LogP contribution in [0.3, 0.4) is 0 Å². The second-order valence-electron chi connectivity index (χ2n) is 4.86. The topological polar surface area (TPSA) is 46.0 Å². The van der Waals surface area contributed by atoms with E-state index in [-0.39, 0.29) is 0 Å². The zero-order chi connectivity index (χ0) is 14.8. The summed E-state index contributed by atoms with van der Waals surface area (Å²) in [6.07, 6.45) is 0.779. The summed E-state index contributed by atoms with van der Waals surface area (Å²) in [5.41, 5.74) is 1.99. The molecule has 0 spiro atoms. The van der Waals surface area contributed by atoms with E-state index in [9.17, 15) is 0 Å². The number of aromatic amines is 1. The average Bonchev–Trinajstić information content (AvgIpc) is 2.87. The molecular weight excluding hydrogens is 280 g/mol. The highest BCUT2D eigenvalue weighted by atomic mass is 32.1. The lowest BCUT2D eigenvalue weighted by Gasteiger charge is -2.05. The van der Waals surface area contributed by atoms with Gasteiger partial charge in [0.25, 0.3) is 0 Å². The number of nitrogens with zero attached hydrogens (tertiary/aromatic N) is 3. The predicted octanol–water partition coefficient (Wildman–Crippen LogP) is 3.93. The fourth-order valence-electron chi connectivity index (χ4n) is 2.28. The van der Waals surface area contributed by atoms with Crippen LogP contribution in [0.15, 0.2) is 47.6 Å². The van der Waals surface area contributed by atoms with E-state index in [2.05, 4.69) is 45.6 Å². The van der Waals surface area contributed by atoms with Crippen molar-refractivity contribution in [2.45, 2.75) is 20.3 Å². The molecule has 1 heterocycles. The van der Waals surface area contributed by atoms with Crippen LogP contribution in [0.1, 0.15) is 25.2 Å². The minimum Gasteiger partial charge on any atom is -0.250 e. The van der Waals surface area contributed by atoms with E-state index in [1.165, 1.54) is 10.8 Å². The number of aryl methyl sites for hydroxylation is 1. The molecule has 4 nitrogen and oxygen atoms in total. The van der Waals surface area contributed by atoms with E-state index in [1.54, 1.807) is 4.68 Å². The minimum atomic E-state index is 0.520. The molecule has 0 fully saturated rings. The van der Waals surface area contributed by atoms with Gasteiger partial charge in [-0.1, -0.05) is 43.3 Å². The van der Waals surface area contributed by atoms with Crippen LogP contribution in [0.25, 0.3) is 10.8 Å². The molecule has 0 aliphatic rings. The van der Waals surface area contributed by atoms with Gasteiger partial charge in [-0.05, 0) is 41.5 Å². The maximum Gasteiger partial charge on any atom is 0.216 e. The highest BCUT2D eigenvalue weighted by Gasteiger charge is 2.05. The Bertz CT molecular complexity index is 873. The van der Waals surface area contributed by atoms with Gasteiger partial charge in [-0.25, -0.2) is 0 Å². The number of nitrogens with one attached hydrogen (secondary N) is 1. The lowest BCUT2D eigenvalue weighted by atomic mass is 10.0. The van der Waals surface area contributed by atoms with Gasteiger partial charge in [-0.15, -0.1) is 0 Å². The van der Waals surface area contributed by atoms with Crippen molar-refractivity contribution in [3.8, 4) is 0 Å². The van der Waals surface area contributed by atoms with Gasteiger partial charge in [0.05, 0.1) is 5.71 Å². The fraction of sp³-hybridized carbons (Fsp3) is 0.188. The Morgan fingerprint density at radius 3 is 2.76 bits per heavy atom. The van der Waals surface area contributed by atoms with Gasteiger partial charge < -0.3 is 0 Å². The average molecular weight is 296 g/mol. The second kappa shape index (κ2) is 5.61. The monoisotopic (exact) mass is 296 g/mol. The molecule has 3 aromatic rings. The lowest BCUT2D eigenvalue weighted by Crippen LogP contribution is -2.03. The molecule has 2 aromatic carbocycles. The lowest BCUT2D eigenvalue weighted by molar-refractivity contribution is 0.776. The smallest absolute Gasteiger partial charge is 0.216 e. The molecule has 106 valence electrons. The summed E-state index contributed by atoms with van der Waals surface area (Å²) in [7, 11) is 0. The molecule has 0 radical (unpaired) electrons. The Morgan fingerprint density at radius 2 is 2.00 bits per heavy atom. The van der Waals surface area contributed by atoms with Crippen molar-refractivity contribution < 1.29 is 0 Å². The molecule has 0 atom stereocenters. The molecular formula is C16H16N4S. The first-order valence-corrected chi connectivity index (χ1v) is 7.31. The van der Waals surface area contributed by atoms with Crippen LogP contribution < -0.4 is 0 Å². The van der Waals surface area contributed by atoms with Gasteiger partial charge >= 0.3 is 0 Å². The van der Waals surface area contributed by atoms with Gasteiger partial charge in [0.15, 0.2) is 5.82 Å². The van der Waals surface area contributed by atoms with Gasteiger partial charge in [0.1, 0.15) is 0 Å². The van der Waals surface area contributed by atoms with Crippen LogP contribution in [-0.4, -0.2) is 20.6 Å².